The molecule has 1 aliphatic heterocycles. The van der Waals surface area contributed by atoms with Crippen molar-refractivity contribution in [3.8, 4) is 0 Å². The van der Waals surface area contributed by atoms with Gasteiger partial charge < -0.3 is 4.90 Å². The lowest BCUT2D eigenvalue weighted by Crippen LogP contribution is -2.31. The number of thioether (sulfide) groups is 1. The largest absolute Gasteiger partial charge is 0.325 e. The van der Waals surface area contributed by atoms with Crippen LogP contribution in [-0.2, 0) is 10.2 Å². The zero-order valence-electron chi connectivity index (χ0n) is 11.6. The quantitative estimate of drug-likeness (QED) is 0.774. The van der Waals surface area contributed by atoms with Crippen molar-refractivity contribution in [1.82, 2.24) is 4.90 Å². The van der Waals surface area contributed by atoms with Crippen LogP contribution in [-0.4, -0.2) is 29.0 Å². The summed E-state index contributed by atoms with van der Waals surface area (Å²) in [6.07, 6.45) is 0. The van der Waals surface area contributed by atoms with Crippen LogP contribution in [0.3, 0.4) is 0 Å². The predicted molar refractivity (Wildman–Crippen MR) is 82.8 cm³/mol. The van der Waals surface area contributed by atoms with E-state index in [0.29, 0.717) is 0 Å². The van der Waals surface area contributed by atoms with Gasteiger partial charge in [-0.05, 0) is 16.5 Å². The second kappa shape index (κ2) is 5.76. The molecule has 0 bridgehead atoms. The molecule has 0 N–H and O–H groups in total. The molecule has 1 heterocycles. The number of rotatable bonds is 2. The highest BCUT2D eigenvalue weighted by atomic mass is 35.5. The van der Waals surface area contributed by atoms with Crippen LogP contribution in [0, 0.1) is 0 Å². The van der Waals surface area contributed by atoms with Crippen LogP contribution in [0.5, 0.6) is 0 Å². The molecular weight excluding hydrogens is 278 g/mol. The number of nitrogens with zero attached hydrogens (tertiary/aromatic N) is 1. The summed E-state index contributed by atoms with van der Waals surface area (Å²) in [5, 5.41) is 0.125. The first-order chi connectivity index (χ1) is 8.93. The van der Waals surface area contributed by atoms with Gasteiger partial charge in [-0.2, -0.15) is 0 Å². The Labute approximate surface area is 124 Å². The lowest BCUT2D eigenvalue weighted by molar-refractivity contribution is -0.128. The molecule has 1 aromatic rings. The van der Waals surface area contributed by atoms with Crippen LogP contribution in [0.2, 0.25) is 0 Å². The lowest BCUT2D eigenvalue weighted by atomic mass is 9.87. The first-order valence-electron chi connectivity index (χ1n) is 6.51. The fourth-order valence-electron chi connectivity index (χ4n) is 2.23. The van der Waals surface area contributed by atoms with E-state index in [1.165, 1.54) is 11.1 Å². The van der Waals surface area contributed by atoms with Gasteiger partial charge in [-0.15, -0.1) is 23.4 Å². The van der Waals surface area contributed by atoms with E-state index in [0.717, 1.165) is 12.3 Å². The SMILES string of the molecule is CC(C)(C)c1ccc([C@@H]2SCCN2C(=O)CCl)cc1. The number of carbonyl (C=O) groups is 1. The highest BCUT2D eigenvalue weighted by Crippen LogP contribution is 2.38. The van der Waals surface area contributed by atoms with Gasteiger partial charge in [0.25, 0.3) is 0 Å². The summed E-state index contributed by atoms with van der Waals surface area (Å²) >= 11 is 7.48. The molecule has 1 fully saturated rings. The normalized spacial score (nSPS) is 19.8. The van der Waals surface area contributed by atoms with Crippen LogP contribution < -0.4 is 0 Å². The maximum Gasteiger partial charge on any atom is 0.238 e. The Hall–Kier alpha value is -0.670. The Morgan fingerprint density at radius 1 is 1.37 bits per heavy atom. The van der Waals surface area contributed by atoms with Crippen molar-refractivity contribution in [2.75, 3.05) is 18.2 Å². The molecular formula is C15H20ClNOS. The van der Waals surface area contributed by atoms with Crippen LogP contribution in [0.15, 0.2) is 24.3 Å². The van der Waals surface area contributed by atoms with E-state index in [1.54, 1.807) is 0 Å². The highest BCUT2D eigenvalue weighted by molar-refractivity contribution is 7.99. The molecule has 1 aliphatic rings. The molecule has 0 unspecified atom stereocenters. The molecule has 104 valence electrons. The van der Waals surface area contributed by atoms with Gasteiger partial charge in [0.05, 0.1) is 0 Å². The van der Waals surface area contributed by atoms with Crippen molar-refractivity contribution in [1.29, 1.82) is 0 Å². The van der Waals surface area contributed by atoms with Gasteiger partial charge in [0.1, 0.15) is 11.3 Å². The van der Waals surface area contributed by atoms with Crippen molar-refractivity contribution < 1.29 is 4.79 Å². The van der Waals surface area contributed by atoms with E-state index >= 15 is 0 Å². The number of amides is 1. The number of halogens is 1. The smallest absolute Gasteiger partial charge is 0.238 e. The number of benzene rings is 1. The van der Waals surface area contributed by atoms with Gasteiger partial charge in [0, 0.05) is 12.3 Å². The van der Waals surface area contributed by atoms with Gasteiger partial charge in [0.2, 0.25) is 5.91 Å². The van der Waals surface area contributed by atoms with Crippen LogP contribution in [0.4, 0.5) is 0 Å². The minimum atomic E-state index is 0.0246. The van der Waals surface area contributed by atoms with E-state index < -0.39 is 0 Å². The molecule has 1 amide bonds. The molecule has 1 atom stereocenters. The third-order valence-corrected chi connectivity index (χ3v) is 4.88. The number of hydrogen-bond donors (Lipinski definition) is 0. The Morgan fingerprint density at radius 2 is 2.00 bits per heavy atom. The molecule has 0 aromatic heterocycles. The van der Waals surface area contributed by atoms with Crippen molar-refractivity contribution in [3.05, 3.63) is 35.4 Å². The molecule has 0 saturated carbocycles. The topological polar surface area (TPSA) is 20.3 Å². The maximum absolute atomic E-state index is 11.8. The molecule has 1 saturated heterocycles. The fraction of sp³-hybridized carbons (Fsp3) is 0.533. The van der Waals surface area contributed by atoms with Gasteiger partial charge in [0.15, 0.2) is 0 Å². The molecule has 0 aliphatic carbocycles. The monoisotopic (exact) mass is 297 g/mol. The second-order valence-corrected chi connectivity index (χ2v) is 7.27. The molecule has 2 nitrogen and oxygen atoms in total. The van der Waals surface area contributed by atoms with Crippen molar-refractivity contribution in [2.45, 2.75) is 31.6 Å². The number of alkyl halides is 1. The lowest BCUT2D eigenvalue weighted by Gasteiger charge is -2.25. The Morgan fingerprint density at radius 3 is 2.53 bits per heavy atom. The maximum atomic E-state index is 11.8. The average molecular weight is 298 g/mol. The molecule has 0 spiro atoms. The minimum absolute atomic E-state index is 0.0246. The van der Waals surface area contributed by atoms with Crippen LogP contribution >= 0.6 is 23.4 Å². The molecule has 1 aromatic carbocycles. The molecule has 4 heteroatoms. The summed E-state index contributed by atoms with van der Waals surface area (Å²) in [5.74, 6) is 1.07. The average Bonchev–Trinajstić information content (AvgIpc) is 2.86. The number of carbonyl (C=O) groups excluding carboxylic acids is 1. The summed E-state index contributed by atoms with van der Waals surface area (Å²) < 4.78 is 0. The summed E-state index contributed by atoms with van der Waals surface area (Å²) in [4.78, 5) is 13.7. The summed E-state index contributed by atoms with van der Waals surface area (Å²) in [6, 6.07) is 8.60. The third-order valence-electron chi connectivity index (χ3n) is 3.39. The van der Waals surface area contributed by atoms with E-state index in [2.05, 4.69) is 45.0 Å². The van der Waals surface area contributed by atoms with E-state index in [4.69, 9.17) is 11.6 Å². The molecule has 2 rings (SSSR count). The summed E-state index contributed by atoms with van der Waals surface area (Å²) in [5.41, 5.74) is 2.66. The second-order valence-electron chi connectivity index (χ2n) is 5.82. The summed E-state index contributed by atoms with van der Waals surface area (Å²) in [6.45, 7) is 7.41. The van der Waals surface area contributed by atoms with Gasteiger partial charge in [-0.3, -0.25) is 4.79 Å². The van der Waals surface area contributed by atoms with Crippen molar-refractivity contribution in [2.24, 2.45) is 0 Å². The van der Waals surface area contributed by atoms with Crippen LogP contribution in [0.1, 0.15) is 37.3 Å². The van der Waals surface area contributed by atoms with E-state index in [1.807, 2.05) is 16.7 Å². The Kier molecular flexibility index (Phi) is 4.46. The standard InChI is InChI=1S/C15H20ClNOS/c1-15(2,3)12-6-4-11(5-7-12)14-17(8-9-19-14)13(18)10-16/h4-7,14H,8-10H2,1-3H3/t14-/m0/s1. The Balaban J connectivity index is 2.20. The predicted octanol–water partition coefficient (Wildman–Crippen LogP) is 3.80. The summed E-state index contributed by atoms with van der Waals surface area (Å²) in [7, 11) is 0. The van der Waals surface area contributed by atoms with E-state index in [9.17, 15) is 4.79 Å². The first-order valence-corrected chi connectivity index (χ1v) is 8.09. The minimum Gasteiger partial charge on any atom is -0.325 e. The van der Waals surface area contributed by atoms with Gasteiger partial charge in [-0.25, -0.2) is 0 Å². The molecule has 19 heavy (non-hydrogen) atoms. The van der Waals surface area contributed by atoms with Crippen molar-refractivity contribution in [3.63, 3.8) is 0 Å². The van der Waals surface area contributed by atoms with E-state index in [-0.39, 0.29) is 22.6 Å². The highest BCUT2D eigenvalue weighted by Gasteiger charge is 2.30. The third kappa shape index (κ3) is 3.26. The van der Waals surface area contributed by atoms with Gasteiger partial charge >= 0.3 is 0 Å². The first kappa shape index (κ1) is 14.7. The van der Waals surface area contributed by atoms with Gasteiger partial charge in [-0.1, -0.05) is 45.0 Å². The fourth-order valence-corrected chi connectivity index (χ4v) is 3.66. The Bertz CT molecular complexity index is 452. The zero-order chi connectivity index (χ0) is 14.0. The van der Waals surface area contributed by atoms with Crippen LogP contribution in [0.25, 0.3) is 0 Å². The zero-order valence-corrected chi connectivity index (χ0v) is 13.2. The molecule has 0 radical (unpaired) electrons. The van der Waals surface area contributed by atoms with Crippen molar-refractivity contribution >= 4 is 29.3 Å². The number of hydrogen-bond acceptors (Lipinski definition) is 2.